The molecule has 3 nitrogen and oxygen atoms in total. The van der Waals surface area contributed by atoms with Gasteiger partial charge in [-0.25, -0.2) is 9.50 Å². The molecule has 74 valence electrons. The SMILES string of the molecule is Cc1ccn2ncnc(C(C)(C)C)c12. The molecule has 3 heteroatoms. The molecule has 0 saturated carbocycles. The zero-order valence-electron chi connectivity index (χ0n) is 9.07. The quantitative estimate of drug-likeness (QED) is 0.636. The summed E-state index contributed by atoms with van der Waals surface area (Å²) in [6.07, 6.45) is 3.59. The standard InChI is InChI=1S/C11H15N3/c1-8-5-6-14-9(8)10(11(2,3)4)12-7-13-14/h5-7H,1-4H3. The molecule has 0 aliphatic carbocycles. The van der Waals surface area contributed by atoms with E-state index >= 15 is 0 Å². The summed E-state index contributed by atoms with van der Waals surface area (Å²) >= 11 is 0. The Bertz CT molecular complexity index is 463. The predicted octanol–water partition coefficient (Wildman–Crippen LogP) is 2.34. The van der Waals surface area contributed by atoms with Gasteiger partial charge in [0.25, 0.3) is 0 Å². The summed E-state index contributed by atoms with van der Waals surface area (Å²) in [7, 11) is 0. The van der Waals surface area contributed by atoms with Crippen LogP contribution >= 0.6 is 0 Å². The van der Waals surface area contributed by atoms with Crippen molar-refractivity contribution in [3.63, 3.8) is 0 Å². The average Bonchev–Trinajstić information content (AvgIpc) is 2.46. The minimum absolute atomic E-state index is 0.0628. The molecule has 0 bridgehead atoms. The van der Waals surface area contributed by atoms with E-state index < -0.39 is 0 Å². The average molecular weight is 189 g/mol. The van der Waals surface area contributed by atoms with Crippen molar-refractivity contribution < 1.29 is 0 Å². The highest BCUT2D eigenvalue weighted by atomic mass is 15.2. The van der Waals surface area contributed by atoms with Gasteiger partial charge in [-0.05, 0) is 18.6 Å². The smallest absolute Gasteiger partial charge is 0.136 e. The van der Waals surface area contributed by atoms with Crippen LogP contribution in [-0.4, -0.2) is 14.6 Å². The van der Waals surface area contributed by atoms with Crippen LogP contribution in [0, 0.1) is 6.92 Å². The Morgan fingerprint density at radius 2 is 2.00 bits per heavy atom. The van der Waals surface area contributed by atoms with Gasteiger partial charge in [-0.15, -0.1) is 0 Å². The molecule has 0 saturated heterocycles. The van der Waals surface area contributed by atoms with E-state index in [4.69, 9.17) is 0 Å². The third-order valence-electron chi connectivity index (χ3n) is 2.37. The number of aryl methyl sites for hydroxylation is 1. The number of hydrogen-bond donors (Lipinski definition) is 0. The van der Waals surface area contributed by atoms with Gasteiger partial charge in [-0.1, -0.05) is 20.8 Å². The normalized spacial score (nSPS) is 12.3. The van der Waals surface area contributed by atoms with E-state index in [9.17, 15) is 0 Å². The minimum atomic E-state index is 0.0628. The molecular formula is C11H15N3. The van der Waals surface area contributed by atoms with E-state index in [-0.39, 0.29) is 5.41 Å². The van der Waals surface area contributed by atoms with Gasteiger partial charge in [0.1, 0.15) is 6.33 Å². The van der Waals surface area contributed by atoms with Crippen molar-refractivity contribution in [1.29, 1.82) is 0 Å². The zero-order chi connectivity index (χ0) is 10.3. The highest BCUT2D eigenvalue weighted by Crippen LogP contribution is 2.25. The largest absolute Gasteiger partial charge is 0.237 e. The first-order valence-electron chi connectivity index (χ1n) is 4.79. The fourth-order valence-electron chi connectivity index (χ4n) is 1.66. The number of nitrogens with zero attached hydrogens (tertiary/aromatic N) is 3. The van der Waals surface area contributed by atoms with Crippen LogP contribution in [0.2, 0.25) is 0 Å². The Labute approximate surface area is 83.8 Å². The lowest BCUT2D eigenvalue weighted by Crippen LogP contribution is -2.16. The summed E-state index contributed by atoms with van der Waals surface area (Å²) in [4.78, 5) is 4.38. The fourth-order valence-corrected chi connectivity index (χ4v) is 1.66. The van der Waals surface area contributed by atoms with Gasteiger partial charge in [0.15, 0.2) is 0 Å². The first kappa shape index (κ1) is 9.19. The van der Waals surface area contributed by atoms with Crippen LogP contribution in [0.3, 0.4) is 0 Å². The molecule has 0 unspecified atom stereocenters. The monoisotopic (exact) mass is 189 g/mol. The van der Waals surface area contributed by atoms with Gasteiger partial charge in [-0.3, -0.25) is 0 Å². The molecule has 2 heterocycles. The third-order valence-corrected chi connectivity index (χ3v) is 2.37. The second-order valence-corrected chi connectivity index (χ2v) is 4.65. The van der Waals surface area contributed by atoms with E-state index in [2.05, 4.69) is 43.8 Å². The Morgan fingerprint density at radius 1 is 1.29 bits per heavy atom. The molecule has 2 aromatic heterocycles. The van der Waals surface area contributed by atoms with Crippen LogP contribution in [0.1, 0.15) is 32.0 Å². The van der Waals surface area contributed by atoms with Crippen LogP contribution < -0.4 is 0 Å². The Balaban J connectivity index is 2.82. The molecular weight excluding hydrogens is 174 g/mol. The molecule has 0 spiro atoms. The molecule has 0 fully saturated rings. The molecule has 0 aliphatic rings. The van der Waals surface area contributed by atoms with Gasteiger partial charge < -0.3 is 0 Å². The van der Waals surface area contributed by atoms with Gasteiger partial charge in [-0.2, -0.15) is 5.10 Å². The van der Waals surface area contributed by atoms with Crippen LogP contribution in [0.25, 0.3) is 5.52 Å². The van der Waals surface area contributed by atoms with Gasteiger partial charge in [0.05, 0.1) is 11.2 Å². The van der Waals surface area contributed by atoms with Crippen molar-refractivity contribution in [2.24, 2.45) is 0 Å². The topological polar surface area (TPSA) is 30.2 Å². The Morgan fingerprint density at radius 3 is 2.64 bits per heavy atom. The molecule has 0 amide bonds. The number of aromatic nitrogens is 3. The van der Waals surface area contributed by atoms with Crippen LogP contribution in [0.5, 0.6) is 0 Å². The fraction of sp³-hybridized carbons (Fsp3) is 0.455. The lowest BCUT2D eigenvalue weighted by molar-refractivity contribution is 0.566. The van der Waals surface area contributed by atoms with Crippen molar-refractivity contribution in [3.8, 4) is 0 Å². The molecule has 2 aromatic rings. The van der Waals surface area contributed by atoms with E-state index in [1.165, 1.54) is 5.56 Å². The molecule has 2 rings (SSSR count). The summed E-state index contributed by atoms with van der Waals surface area (Å²) in [6, 6.07) is 2.07. The van der Waals surface area contributed by atoms with Crippen molar-refractivity contribution in [2.75, 3.05) is 0 Å². The van der Waals surface area contributed by atoms with Gasteiger partial charge in [0, 0.05) is 11.6 Å². The summed E-state index contributed by atoms with van der Waals surface area (Å²) in [5.74, 6) is 0. The summed E-state index contributed by atoms with van der Waals surface area (Å²) in [5.41, 5.74) is 3.54. The summed E-state index contributed by atoms with van der Waals surface area (Å²) in [5, 5.41) is 4.18. The molecule has 0 atom stereocenters. The molecule has 0 N–H and O–H groups in total. The van der Waals surface area contributed by atoms with Crippen LogP contribution in [0.15, 0.2) is 18.6 Å². The van der Waals surface area contributed by atoms with E-state index in [1.807, 2.05) is 10.7 Å². The first-order chi connectivity index (χ1) is 6.50. The molecule has 0 radical (unpaired) electrons. The maximum atomic E-state index is 4.38. The molecule has 0 aromatic carbocycles. The number of fused-ring (bicyclic) bond motifs is 1. The van der Waals surface area contributed by atoms with Gasteiger partial charge in [0.2, 0.25) is 0 Å². The van der Waals surface area contributed by atoms with E-state index in [1.54, 1.807) is 6.33 Å². The first-order valence-corrected chi connectivity index (χ1v) is 4.79. The minimum Gasteiger partial charge on any atom is -0.237 e. The Kier molecular flexibility index (Phi) is 1.84. The highest BCUT2D eigenvalue weighted by Gasteiger charge is 2.20. The lowest BCUT2D eigenvalue weighted by atomic mass is 9.90. The maximum absolute atomic E-state index is 4.38. The van der Waals surface area contributed by atoms with E-state index in [0.29, 0.717) is 0 Å². The Hall–Kier alpha value is -1.38. The second kappa shape index (κ2) is 2.80. The predicted molar refractivity (Wildman–Crippen MR) is 56.4 cm³/mol. The van der Waals surface area contributed by atoms with Gasteiger partial charge >= 0.3 is 0 Å². The summed E-state index contributed by atoms with van der Waals surface area (Å²) < 4.78 is 1.89. The highest BCUT2D eigenvalue weighted by molar-refractivity contribution is 5.59. The lowest BCUT2D eigenvalue weighted by Gasteiger charge is -2.18. The van der Waals surface area contributed by atoms with Crippen LogP contribution in [0.4, 0.5) is 0 Å². The maximum Gasteiger partial charge on any atom is 0.136 e. The van der Waals surface area contributed by atoms with Crippen molar-refractivity contribution in [1.82, 2.24) is 14.6 Å². The third kappa shape index (κ3) is 1.29. The van der Waals surface area contributed by atoms with Crippen LogP contribution in [-0.2, 0) is 5.41 Å². The summed E-state index contributed by atoms with van der Waals surface area (Å²) in [6.45, 7) is 8.60. The number of hydrogen-bond acceptors (Lipinski definition) is 2. The van der Waals surface area contributed by atoms with Crippen molar-refractivity contribution in [2.45, 2.75) is 33.1 Å². The van der Waals surface area contributed by atoms with Crippen molar-refractivity contribution >= 4 is 5.52 Å². The second-order valence-electron chi connectivity index (χ2n) is 4.65. The molecule has 0 aliphatic heterocycles. The van der Waals surface area contributed by atoms with Crippen molar-refractivity contribution in [3.05, 3.63) is 29.8 Å². The molecule has 14 heavy (non-hydrogen) atoms. The zero-order valence-corrected chi connectivity index (χ0v) is 9.07. The van der Waals surface area contributed by atoms with E-state index in [0.717, 1.165) is 11.2 Å². The number of rotatable bonds is 0.